The van der Waals surface area contributed by atoms with E-state index in [0.717, 1.165) is 6.07 Å². The Morgan fingerprint density at radius 3 is 2.58 bits per heavy atom. The van der Waals surface area contributed by atoms with Crippen LogP contribution in [-0.4, -0.2) is 12.6 Å². The Morgan fingerprint density at radius 1 is 1.42 bits per heavy atom. The van der Waals surface area contributed by atoms with Gasteiger partial charge < -0.3 is 10.5 Å². The second kappa shape index (κ2) is 6.01. The van der Waals surface area contributed by atoms with Crippen LogP contribution in [0.1, 0.15) is 30.5 Å². The lowest BCUT2D eigenvalue weighted by atomic mass is 10.0. The van der Waals surface area contributed by atoms with Crippen LogP contribution in [0.25, 0.3) is 0 Å². The number of hydrogen-bond donors (Lipinski definition) is 1. The summed E-state index contributed by atoms with van der Waals surface area (Å²) in [6.07, 6.45) is -5.07. The van der Waals surface area contributed by atoms with Crippen molar-refractivity contribution in [3.8, 4) is 0 Å². The molecule has 1 unspecified atom stereocenters. The van der Waals surface area contributed by atoms with E-state index >= 15 is 0 Å². The van der Waals surface area contributed by atoms with Crippen LogP contribution >= 0.6 is 0 Å². The number of rotatable bonds is 4. The molecule has 0 aliphatic heterocycles. The second-order valence-electron chi connectivity index (χ2n) is 3.85. The van der Waals surface area contributed by atoms with Crippen LogP contribution in [0, 0.1) is 5.82 Å². The zero-order valence-electron chi connectivity index (χ0n) is 10.1. The van der Waals surface area contributed by atoms with Gasteiger partial charge in [0, 0.05) is 6.04 Å². The fraction of sp³-hybridized carbons (Fsp3) is 0.417. The summed E-state index contributed by atoms with van der Waals surface area (Å²) in [4.78, 5) is 11.2. The molecule has 0 saturated heterocycles. The number of ether oxygens (including phenoxy) is 1. The minimum absolute atomic E-state index is 0.0294. The van der Waals surface area contributed by atoms with Crippen LogP contribution in [0.15, 0.2) is 18.2 Å². The molecule has 1 aromatic carbocycles. The molecule has 0 aliphatic carbocycles. The summed E-state index contributed by atoms with van der Waals surface area (Å²) in [6, 6.07) is 1.44. The van der Waals surface area contributed by atoms with Gasteiger partial charge in [-0.1, -0.05) is 6.07 Å². The van der Waals surface area contributed by atoms with Crippen molar-refractivity contribution in [2.75, 3.05) is 6.61 Å². The summed E-state index contributed by atoms with van der Waals surface area (Å²) in [5.41, 5.74) is 4.23. The van der Waals surface area contributed by atoms with Crippen LogP contribution in [0.5, 0.6) is 0 Å². The Balaban J connectivity index is 2.93. The molecule has 0 aromatic heterocycles. The van der Waals surface area contributed by atoms with Crippen molar-refractivity contribution in [1.82, 2.24) is 0 Å². The Morgan fingerprint density at radius 2 is 2.05 bits per heavy atom. The molecule has 0 radical (unpaired) electrons. The van der Waals surface area contributed by atoms with Crippen LogP contribution in [0.2, 0.25) is 0 Å². The normalized spacial score (nSPS) is 13.2. The fourth-order valence-electron chi connectivity index (χ4n) is 1.51. The first-order chi connectivity index (χ1) is 8.75. The van der Waals surface area contributed by atoms with Crippen LogP contribution in [-0.2, 0) is 15.7 Å². The molecular formula is C12H13F4NO2. The van der Waals surface area contributed by atoms with Gasteiger partial charge in [0.25, 0.3) is 0 Å². The van der Waals surface area contributed by atoms with Gasteiger partial charge in [-0.2, -0.15) is 13.2 Å². The standard InChI is InChI=1S/C12H13F4NO2/c1-2-19-11(18)6-10(17)7-3-4-9(13)8(5-7)12(14,15)16/h3-5,10H,2,6,17H2,1H3. The Kier molecular flexibility index (Phi) is 4.88. The molecular weight excluding hydrogens is 266 g/mol. The van der Waals surface area contributed by atoms with E-state index in [2.05, 4.69) is 4.74 Å². The predicted molar refractivity (Wildman–Crippen MR) is 59.6 cm³/mol. The van der Waals surface area contributed by atoms with Gasteiger partial charge in [-0.3, -0.25) is 4.79 Å². The van der Waals surface area contributed by atoms with E-state index in [1.807, 2.05) is 0 Å². The molecule has 0 heterocycles. The average molecular weight is 279 g/mol. The van der Waals surface area contributed by atoms with Crippen molar-refractivity contribution in [2.45, 2.75) is 25.6 Å². The van der Waals surface area contributed by atoms with E-state index in [9.17, 15) is 22.4 Å². The van der Waals surface area contributed by atoms with Crippen LogP contribution in [0.4, 0.5) is 17.6 Å². The minimum Gasteiger partial charge on any atom is -0.466 e. The van der Waals surface area contributed by atoms with Gasteiger partial charge in [0.15, 0.2) is 0 Å². The van der Waals surface area contributed by atoms with Crippen molar-refractivity contribution < 1.29 is 27.1 Å². The Labute approximate surface area is 107 Å². The summed E-state index contributed by atoms with van der Waals surface area (Å²) in [5, 5.41) is 0. The van der Waals surface area contributed by atoms with Crippen molar-refractivity contribution in [3.63, 3.8) is 0 Å². The third-order valence-electron chi connectivity index (χ3n) is 2.42. The number of halogens is 4. The van der Waals surface area contributed by atoms with E-state index in [1.165, 1.54) is 0 Å². The van der Waals surface area contributed by atoms with E-state index in [-0.39, 0.29) is 18.6 Å². The molecule has 0 bridgehead atoms. The quantitative estimate of drug-likeness (QED) is 0.681. The van der Waals surface area contributed by atoms with Gasteiger partial charge in [0.05, 0.1) is 18.6 Å². The summed E-state index contributed by atoms with van der Waals surface area (Å²) < 4.78 is 55.2. The van der Waals surface area contributed by atoms with E-state index in [4.69, 9.17) is 5.73 Å². The summed E-state index contributed by atoms with van der Waals surface area (Å²) in [5.74, 6) is -1.99. The molecule has 0 fully saturated rings. The second-order valence-corrected chi connectivity index (χ2v) is 3.85. The molecule has 1 rings (SSSR count). The number of carbonyl (C=O) groups excluding carboxylic acids is 1. The molecule has 0 amide bonds. The number of hydrogen-bond acceptors (Lipinski definition) is 3. The SMILES string of the molecule is CCOC(=O)CC(N)c1ccc(F)c(C(F)(F)F)c1. The highest BCUT2D eigenvalue weighted by atomic mass is 19.4. The van der Waals surface area contributed by atoms with Gasteiger partial charge in [0.2, 0.25) is 0 Å². The Hall–Kier alpha value is -1.63. The van der Waals surface area contributed by atoms with Crippen molar-refractivity contribution in [3.05, 3.63) is 35.1 Å². The monoisotopic (exact) mass is 279 g/mol. The van der Waals surface area contributed by atoms with Gasteiger partial charge in [0.1, 0.15) is 5.82 Å². The fourth-order valence-corrected chi connectivity index (χ4v) is 1.51. The number of nitrogens with two attached hydrogens (primary N) is 1. The first-order valence-corrected chi connectivity index (χ1v) is 5.53. The van der Waals surface area contributed by atoms with Gasteiger partial charge >= 0.3 is 12.1 Å². The van der Waals surface area contributed by atoms with Gasteiger partial charge in [-0.15, -0.1) is 0 Å². The highest BCUT2D eigenvalue weighted by molar-refractivity contribution is 5.70. The molecule has 3 nitrogen and oxygen atoms in total. The van der Waals surface area contributed by atoms with E-state index in [0.29, 0.717) is 12.1 Å². The third-order valence-corrected chi connectivity index (χ3v) is 2.42. The largest absolute Gasteiger partial charge is 0.466 e. The molecule has 7 heteroatoms. The third kappa shape index (κ3) is 4.20. The molecule has 1 atom stereocenters. The molecule has 0 spiro atoms. The number of benzene rings is 1. The first kappa shape index (κ1) is 15.4. The van der Waals surface area contributed by atoms with Crippen LogP contribution in [0.3, 0.4) is 0 Å². The van der Waals surface area contributed by atoms with Crippen LogP contribution < -0.4 is 5.73 Å². The molecule has 19 heavy (non-hydrogen) atoms. The lowest BCUT2D eigenvalue weighted by Crippen LogP contribution is -2.18. The predicted octanol–water partition coefficient (Wildman–Crippen LogP) is 2.80. The molecule has 106 valence electrons. The van der Waals surface area contributed by atoms with Gasteiger partial charge in [-0.25, -0.2) is 4.39 Å². The summed E-state index contributed by atoms with van der Waals surface area (Å²) in [6.45, 7) is 1.76. The highest BCUT2D eigenvalue weighted by Crippen LogP contribution is 2.33. The number of carbonyl (C=O) groups is 1. The first-order valence-electron chi connectivity index (χ1n) is 5.53. The zero-order chi connectivity index (χ0) is 14.6. The molecule has 0 aliphatic rings. The number of esters is 1. The maximum atomic E-state index is 13.1. The molecule has 1 aromatic rings. The maximum absolute atomic E-state index is 13.1. The topological polar surface area (TPSA) is 52.3 Å². The zero-order valence-corrected chi connectivity index (χ0v) is 10.1. The number of alkyl halides is 3. The average Bonchev–Trinajstić information content (AvgIpc) is 2.27. The van der Waals surface area contributed by atoms with Crippen molar-refractivity contribution in [2.24, 2.45) is 5.73 Å². The van der Waals surface area contributed by atoms with E-state index in [1.54, 1.807) is 6.92 Å². The highest BCUT2D eigenvalue weighted by Gasteiger charge is 2.34. The van der Waals surface area contributed by atoms with E-state index < -0.39 is 29.6 Å². The lowest BCUT2D eigenvalue weighted by Gasteiger charge is -2.14. The van der Waals surface area contributed by atoms with Crippen molar-refractivity contribution >= 4 is 5.97 Å². The smallest absolute Gasteiger partial charge is 0.419 e. The summed E-state index contributed by atoms with van der Waals surface area (Å²) >= 11 is 0. The summed E-state index contributed by atoms with van der Waals surface area (Å²) in [7, 11) is 0. The van der Waals surface area contributed by atoms with Crippen molar-refractivity contribution in [1.29, 1.82) is 0 Å². The molecule has 2 N–H and O–H groups in total. The molecule has 0 saturated carbocycles. The lowest BCUT2D eigenvalue weighted by molar-refractivity contribution is -0.143. The minimum atomic E-state index is -4.80. The maximum Gasteiger partial charge on any atom is 0.419 e. The van der Waals surface area contributed by atoms with Gasteiger partial charge in [-0.05, 0) is 24.6 Å². The Bertz CT molecular complexity index is 460.